The Morgan fingerprint density at radius 1 is 1.14 bits per heavy atom. The first kappa shape index (κ1) is 15.1. The van der Waals surface area contributed by atoms with Gasteiger partial charge in [-0.05, 0) is 58.7 Å². The summed E-state index contributed by atoms with van der Waals surface area (Å²) in [4.78, 5) is 23.6. The Labute approximate surface area is 130 Å². The molecule has 2 amide bonds. The van der Waals surface area contributed by atoms with Gasteiger partial charge in [-0.1, -0.05) is 6.07 Å². The SMILES string of the molecule is Cc1c(NC(=O)c2cc(N)ccc2Br)cccc1C(N)=O. The second kappa shape index (κ2) is 5.97. The van der Waals surface area contributed by atoms with Crippen LogP contribution in [0, 0.1) is 6.92 Å². The standard InChI is InChI=1S/C15H14BrN3O2/c1-8-10(14(18)20)3-2-4-13(8)19-15(21)11-7-9(17)5-6-12(11)16/h2-7H,17H2,1H3,(H2,18,20)(H,19,21). The maximum absolute atomic E-state index is 12.3. The van der Waals surface area contributed by atoms with Gasteiger partial charge >= 0.3 is 0 Å². The lowest BCUT2D eigenvalue weighted by Crippen LogP contribution is -2.17. The number of amides is 2. The van der Waals surface area contributed by atoms with Crippen molar-refractivity contribution in [2.24, 2.45) is 5.73 Å². The minimum absolute atomic E-state index is 0.320. The molecule has 0 aliphatic rings. The van der Waals surface area contributed by atoms with Crippen LogP contribution in [0.1, 0.15) is 26.3 Å². The molecule has 0 bridgehead atoms. The molecule has 0 spiro atoms. The number of nitrogens with one attached hydrogen (secondary N) is 1. The van der Waals surface area contributed by atoms with Crippen molar-refractivity contribution in [1.82, 2.24) is 0 Å². The lowest BCUT2D eigenvalue weighted by Gasteiger charge is -2.12. The number of nitrogens with two attached hydrogens (primary N) is 2. The molecule has 2 aromatic carbocycles. The van der Waals surface area contributed by atoms with Gasteiger partial charge in [0.05, 0.1) is 5.56 Å². The van der Waals surface area contributed by atoms with Gasteiger partial charge in [-0.2, -0.15) is 0 Å². The van der Waals surface area contributed by atoms with Gasteiger partial charge in [-0.15, -0.1) is 0 Å². The average molecular weight is 348 g/mol. The maximum atomic E-state index is 12.3. The molecule has 0 aliphatic heterocycles. The van der Waals surface area contributed by atoms with E-state index in [1.807, 2.05) is 0 Å². The van der Waals surface area contributed by atoms with E-state index in [4.69, 9.17) is 11.5 Å². The zero-order chi connectivity index (χ0) is 15.6. The molecule has 6 heteroatoms. The van der Waals surface area contributed by atoms with Crippen LogP contribution in [0.5, 0.6) is 0 Å². The number of benzene rings is 2. The Morgan fingerprint density at radius 3 is 2.52 bits per heavy atom. The molecule has 5 nitrogen and oxygen atoms in total. The quantitative estimate of drug-likeness (QED) is 0.744. The topological polar surface area (TPSA) is 98.2 Å². The van der Waals surface area contributed by atoms with Crippen molar-refractivity contribution in [3.8, 4) is 0 Å². The Balaban J connectivity index is 2.34. The second-order valence-corrected chi connectivity index (χ2v) is 5.39. The predicted octanol–water partition coefficient (Wildman–Crippen LogP) is 2.69. The molecule has 2 aromatic rings. The monoisotopic (exact) mass is 347 g/mol. The van der Waals surface area contributed by atoms with Crippen molar-refractivity contribution in [2.75, 3.05) is 11.1 Å². The van der Waals surface area contributed by atoms with E-state index in [0.717, 1.165) is 0 Å². The van der Waals surface area contributed by atoms with Crippen molar-refractivity contribution < 1.29 is 9.59 Å². The number of carbonyl (C=O) groups is 2. The first-order chi connectivity index (χ1) is 9.90. The minimum Gasteiger partial charge on any atom is -0.399 e. The fraction of sp³-hybridized carbons (Fsp3) is 0.0667. The highest BCUT2D eigenvalue weighted by atomic mass is 79.9. The Morgan fingerprint density at radius 2 is 1.86 bits per heavy atom. The van der Waals surface area contributed by atoms with E-state index in [1.54, 1.807) is 43.3 Å². The fourth-order valence-corrected chi connectivity index (χ4v) is 2.37. The van der Waals surface area contributed by atoms with E-state index in [0.29, 0.717) is 32.5 Å². The highest BCUT2D eigenvalue weighted by Crippen LogP contribution is 2.23. The summed E-state index contributed by atoms with van der Waals surface area (Å²) < 4.78 is 0.637. The smallest absolute Gasteiger partial charge is 0.256 e. The first-order valence-electron chi connectivity index (χ1n) is 6.16. The number of rotatable bonds is 3. The zero-order valence-corrected chi connectivity index (χ0v) is 12.9. The summed E-state index contributed by atoms with van der Waals surface area (Å²) in [5.41, 5.74) is 13.4. The molecule has 0 aliphatic carbocycles. The third-order valence-electron chi connectivity index (χ3n) is 3.08. The molecule has 21 heavy (non-hydrogen) atoms. The summed E-state index contributed by atoms with van der Waals surface area (Å²) in [5, 5.41) is 2.76. The van der Waals surface area contributed by atoms with E-state index in [9.17, 15) is 9.59 Å². The van der Waals surface area contributed by atoms with Crippen LogP contribution in [-0.2, 0) is 0 Å². The molecule has 2 rings (SSSR count). The summed E-state index contributed by atoms with van der Waals surface area (Å²) in [6.45, 7) is 1.73. The summed E-state index contributed by atoms with van der Waals surface area (Å²) in [7, 11) is 0. The van der Waals surface area contributed by atoms with Gasteiger partial charge in [-0.25, -0.2) is 0 Å². The fourth-order valence-electron chi connectivity index (χ4n) is 1.94. The van der Waals surface area contributed by atoms with Crippen molar-refractivity contribution >= 4 is 39.1 Å². The average Bonchev–Trinajstić information content (AvgIpc) is 2.43. The normalized spacial score (nSPS) is 10.2. The second-order valence-electron chi connectivity index (χ2n) is 4.54. The van der Waals surface area contributed by atoms with Gasteiger partial charge in [0, 0.05) is 21.4 Å². The van der Waals surface area contributed by atoms with Gasteiger partial charge in [-0.3, -0.25) is 9.59 Å². The molecule has 108 valence electrons. The van der Waals surface area contributed by atoms with Crippen LogP contribution in [0.25, 0.3) is 0 Å². The third-order valence-corrected chi connectivity index (χ3v) is 3.77. The molecule has 0 atom stereocenters. The van der Waals surface area contributed by atoms with E-state index in [2.05, 4.69) is 21.2 Å². The number of anilines is 2. The lowest BCUT2D eigenvalue weighted by atomic mass is 10.1. The Kier molecular flexibility index (Phi) is 4.28. The van der Waals surface area contributed by atoms with Crippen LogP contribution < -0.4 is 16.8 Å². The third kappa shape index (κ3) is 3.22. The number of primary amides is 1. The van der Waals surface area contributed by atoms with Gasteiger partial charge in [0.1, 0.15) is 0 Å². The largest absolute Gasteiger partial charge is 0.399 e. The van der Waals surface area contributed by atoms with Crippen LogP contribution in [0.4, 0.5) is 11.4 Å². The highest BCUT2D eigenvalue weighted by molar-refractivity contribution is 9.10. The highest BCUT2D eigenvalue weighted by Gasteiger charge is 2.14. The van der Waals surface area contributed by atoms with Gasteiger partial charge in [0.15, 0.2) is 0 Å². The van der Waals surface area contributed by atoms with Crippen LogP contribution in [0.15, 0.2) is 40.9 Å². The van der Waals surface area contributed by atoms with E-state index < -0.39 is 5.91 Å². The van der Waals surface area contributed by atoms with Crippen molar-refractivity contribution in [3.63, 3.8) is 0 Å². The summed E-state index contributed by atoms with van der Waals surface area (Å²) in [6.07, 6.45) is 0. The first-order valence-corrected chi connectivity index (χ1v) is 6.95. The van der Waals surface area contributed by atoms with Crippen LogP contribution >= 0.6 is 15.9 Å². The molecular weight excluding hydrogens is 334 g/mol. The number of carbonyl (C=O) groups excluding carboxylic acids is 2. The summed E-state index contributed by atoms with van der Waals surface area (Å²) in [6, 6.07) is 9.96. The van der Waals surface area contributed by atoms with Gasteiger partial charge in [0.2, 0.25) is 5.91 Å². The molecule has 0 saturated carbocycles. The van der Waals surface area contributed by atoms with E-state index in [-0.39, 0.29) is 5.91 Å². The lowest BCUT2D eigenvalue weighted by molar-refractivity contribution is 0.0995. The van der Waals surface area contributed by atoms with Crippen LogP contribution in [0.3, 0.4) is 0 Å². The summed E-state index contributed by atoms with van der Waals surface area (Å²) >= 11 is 3.31. The zero-order valence-electron chi connectivity index (χ0n) is 11.3. The molecule has 0 heterocycles. The van der Waals surface area contributed by atoms with Crippen molar-refractivity contribution in [3.05, 3.63) is 57.6 Å². The van der Waals surface area contributed by atoms with Crippen molar-refractivity contribution in [1.29, 1.82) is 0 Å². The molecule has 0 aromatic heterocycles. The van der Waals surface area contributed by atoms with Crippen LogP contribution in [-0.4, -0.2) is 11.8 Å². The predicted molar refractivity (Wildman–Crippen MR) is 86.2 cm³/mol. The summed E-state index contributed by atoms with van der Waals surface area (Å²) in [5.74, 6) is -0.854. The van der Waals surface area contributed by atoms with Gasteiger partial charge < -0.3 is 16.8 Å². The molecule has 0 fully saturated rings. The molecular formula is C15H14BrN3O2. The number of halogens is 1. The number of hydrogen-bond acceptors (Lipinski definition) is 3. The molecule has 0 radical (unpaired) electrons. The maximum Gasteiger partial charge on any atom is 0.256 e. The minimum atomic E-state index is -0.534. The molecule has 0 unspecified atom stereocenters. The number of hydrogen-bond donors (Lipinski definition) is 3. The molecule has 5 N–H and O–H groups in total. The van der Waals surface area contributed by atoms with E-state index in [1.165, 1.54) is 0 Å². The van der Waals surface area contributed by atoms with Gasteiger partial charge in [0.25, 0.3) is 5.91 Å². The van der Waals surface area contributed by atoms with E-state index >= 15 is 0 Å². The Hall–Kier alpha value is -2.34. The Bertz CT molecular complexity index is 729. The van der Waals surface area contributed by atoms with Crippen LogP contribution in [0.2, 0.25) is 0 Å². The van der Waals surface area contributed by atoms with Crippen molar-refractivity contribution in [2.45, 2.75) is 6.92 Å². The molecule has 0 saturated heterocycles. The number of nitrogen functional groups attached to an aromatic ring is 1.